The van der Waals surface area contributed by atoms with Crippen LogP contribution in [0.25, 0.3) is 0 Å². The SMILES string of the molecule is N#Cc1ccc(N2CCN(C(=S)NCc3ccc4c(c3)OCO4)CC2)cc1. The smallest absolute Gasteiger partial charge is 0.231 e. The van der Waals surface area contributed by atoms with Crippen LogP contribution in [-0.4, -0.2) is 43.0 Å². The first-order valence-electron chi connectivity index (χ1n) is 8.89. The van der Waals surface area contributed by atoms with Crippen LogP contribution in [0, 0.1) is 11.3 Å². The monoisotopic (exact) mass is 380 g/mol. The van der Waals surface area contributed by atoms with Gasteiger partial charge in [0.05, 0.1) is 11.6 Å². The Morgan fingerprint density at radius 2 is 1.78 bits per heavy atom. The van der Waals surface area contributed by atoms with Gasteiger partial charge in [-0.1, -0.05) is 6.07 Å². The molecular weight excluding hydrogens is 360 g/mol. The van der Waals surface area contributed by atoms with Crippen molar-refractivity contribution in [2.24, 2.45) is 0 Å². The van der Waals surface area contributed by atoms with Gasteiger partial charge in [-0.2, -0.15) is 5.26 Å². The molecular formula is C20H20N4O2S. The minimum atomic E-state index is 0.286. The Labute approximate surface area is 163 Å². The van der Waals surface area contributed by atoms with Crippen LogP contribution >= 0.6 is 12.2 Å². The summed E-state index contributed by atoms with van der Waals surface area (Å²) in [7, 11) is 0. The molecule has 1 fully saturated rings. The van der Waals surface area contributed by atoms with Gasteiger partial charge in [0.25, 0.3) is 0 Å². The summed E-state index contributed by atoms with van der Waals surface area (Å²) in [6.45, 7) is 4.48. The number of hydrogen-bond donors (Lipinski definition) is 1. The summed E-state index contributed by atoms with van der Waals surface area (Å²) >= 11 is 5.56. The van der Waals surface area contributed by atoms with E-state index in [0.717, 1.165) is 54.0 Å². The molecule has 0 aromatic heterocycles. The van der Waals surface area contributed by atoms with E-state index in [1.807, 2.05) is 42.5 Å². The topological polar surface area (TPSA) is 60.8 Å². The zero-order valence-corrected chi connectivity index (χ0v) is 15.7. The van der Waals surface area contributed by atoms with Crippen molar-refractivity contribution in [3.05, 3.63) is 53.6 Å². The molecule has 27 heavy (non-hydrogen) atoms. The van der Waals surface area contributed by atoms with Crippen molar-refractivity contribution in [3.8, 4) is 17.6 Å². The Bertz CT molecular complexity index is 871. The third kappa shape index (κ3) is 3.91. The Morgan fingerprint density at radius 1 is 1.04 bits per heavy atom. The maximum Gasteiger partial charge on any atom is 0.231 e. The van der Waals surface area contributed by atoms with Gasteiger partial charge in [-0.15, -0.1) is 0 Å². The van der Waals surface area contributed by atoms with Crippen molar-refractivity contribution < 1.29 is 9.47 Å². The van der Waals surface area contributed by atoms with Gasteiger partial charge in [-0.05, 0) is 54.2 Å². The molecule has 2 aliphatic heterocycles. The van der Waals surface area contributed by atoms with E-state index in [4.69, 9.17) is 27.0 Å². The second-order valence-electron chi connectivity index (χ2n) is 6.48. The van der Waals surface area contributed by atoms with E-state index in [-0.39, 0.29) is 6.79 Å². The van der Waals surface area contributed by atoms with E-state index in [9.17, 15) is 0 Å². The van der Waals surface area contributed by atoms with E-state index in [1.54, 1.807) is 0 Å². The molecule has 2 heterocycles. The van der Waals surface area contributed by atoms with Crippen molar-refractivity contribution in [1.82, 2.24) is 10.2 Å². The third-order valence-corrected chi connectivity index (χ3v) is 5.21. The predicted molar refractivity (Wildman–Crippen MR) is 107 cm³/mol. The second kappa shape index (κ2) is 7.72. The van der Waals surface area contributed by atoms with E-state index >= 15 is 0 Å². The molecule has 0 amide bonds. The lowest BCUT2D eigenvalue weighted by atomic mass is 10.2. The Morgan fingerprint density at radius 3 is 2.52 bits per heavy atom. The Kier molecular flexibility index (Phi) is 4.99. The largest absolute Gasteiger partial charge is 0.454 e. The van der Waals surface area contributed by atoms with Gasteiger partial charge in [0.2, 0.25) is 6.79 Å². The third-order valence-electron chi connectivity index (χ3n) is 4.81. The number of rotatable bonds is 3. The molecule has 0 spiro atoms. The number of nitrogens with one attached hydrogen (secondary N) is 1. The standard InChI is InChI=1S/C20H20N4O2S/c21-12-15-1-4-17(5-2-15)23-7-9-24(10-8-23)20(27)22-13-16-3-6-18-19(11-16)26-14-25-18/h1-6,11H,7-10,13-14H2,(H,22,27). The normalized spacial score (nSPS) is 15.4. The van der Waals surface area contributed by atoms with Crippen LogP contribution in [0.2, 0.25) is 0 Å². The van der Waals surface area contributed by atoms with Crippen LogP contribution in [0.5, 0.6) is 11.5 Å². The molecule has 7 heteroatoms. The molecule has 4 rings (SSSR count). The first-order chi connectivity index (χ1) is 13.2. The van der Waals surface area contributed by atoms with E-state index < -0.39 is 0 Å². The molecule has 6 nitrogen and oxygen atoms in total. The zero-order valence-electron chi connectivity index (χ0n) is 14.9. The van der Waals surface area contributed by atoms with Crippen LogP contribution in [-0.2, 0) is 6.54 Å². The lowest BCUT2D eigenvalue weighted by molar-refractivity contribution is 0.174. The van der Waals surface area contributed by atoms with E-state index in [1.165, 1.54) is 0 Å². The molecule has 0 bridgehead atoms. The number of nitriles is 1. The number of hydrogen-bond acceptors (Lipinski definition) is 5. The number of thiocarbonyl (C=S) groups is 1. The molecule has 1 N–H and O–H groups in total. The summed E-state index contributed by atoms with van der Waals surface area (Å²) in [5, 5.41) is 13.0. The highest BCUT2D eigenvalue weighted by atomic mass is 32.1. The number of fused-ring (bicyclic) bond motifs is 1. The van der Waals surface area contributed by atoms with Crippen molar-refractivity contribution in [1.29, 1.82) is 5.26 Å². The highest BCUT2D eigenvalue weighted by Crippen LogP contribution is 2.32. The second-order valence-corrected chi connectivity index (χ2v) is 6.87. The van der Waals surface area contributed by atoms with Crippen LogP contribution in [0.3, 0.4) is 0 Å². The van der Waals surface area contributed by atoms with Crippen molar-refractivity contribution in [2.45, 2.75) is 6.54 Å². The molecule has 2 aromatic rings. The summed E-state index contributed by atoms with van der Waals surface area (Å²) < 4.78 is 10.8. The molecule has 2 aromatic carbocycles. The van der Waals surface area contributed by atoms with Gasteiger partial charge in [0.1, 0.15) is 0 Å². The molecule has 0 radical (unpaired) electrons. The summed E-state index contributed by atoms with van der Waals surface area (Å²) in [6.07, 6.45) is 0. The molecule has 0 unspecified atom stereocenters. The minimum Gasteiger partial charge on any atom is -0.454 e. The number of ether oxygens (including phenoxy) is 2. The summed E-state index contributed by atoms with van der Waals surface area (Å²) in [5.74, 6) is 1.58. The van der Waals surface area contributed by atoms with Gasteiger partial charge < -0.3 is 24.6 Å². The number of benzene rings is 2. The number of anilines is 1. The zero-order chi connectivity index (χ0) is 18.6. The lowest BCUT2D eigenvalue weighted by Gasteiger charge is -2.37. The summed E-state index contributed by atoms with van der Waals surface area (Å²) in [6, 6.07) is 15.8. The Balaban J connectivity index is 1.27. The number of piperazine rings is 1. The molecule has 0 aliphatic carbocycles. The van der Waals surface area contributed by atoms with Gasteiger partial charge in [-0.25, -0.2) is 0 Å². The molecule has 0 atom stereocenters. The van der Waals surface area contributed by atoms with Gasteiger partial charge in [0, 0.05) is 38.4 Å². The van der Waals surface area contributed by atoms with Crippen molar-refractivity contribution in [3.63, 3.8) is 0 Å². The summed E-state index contributed by atoms with van der Waals surface area (Å²) in [5.41, 5.74) is 2.94. The van der Waals surface area contributed by atoms with Gasteiger partial charge in [0.15, 0.2) is 16.6 Å². The van der Waals surface area contributed by atoms with Crippen LogP contribution in [0.1, 0.15) is 11.1 Å². The van der Waals surface area contributed by atoms with E-state index in [2.05, 4.69) is 21.2 Å². The minimum absolute atomic E-state index is 0.286. The Hall–Kier alpha value is -2.98. The maximum absolute atomic E-state index is 8.91. The molecule has 2 aliphatic rings. The fourth-order valence-electron chi connectivity index (χ4n) is 3.25. The highest BCUT2D eigenvalue weighted by molar-refractivity contribution is 7.80. The average molecular weight is 380 g/mol. The van der Waals surface area contributed by atoms with E-state index in [0.29, 0.717) is 12.1 Å². The van der Waals surface area contributed by atoms with Crippen LogP contribution in [0.4, 0.5) is 5.69 Å². The van der Waals surface area contributed by atoms with Gasteiger partial charge in [-0.3, -0.25) is 0 Å². The van der Waals surface area contributed by atoms with Crippen LogP contribution < -0.4 is 19.7 Å². The molecule has 0 saturated carbocycles. The average Bonchev–Trinajstić information content (AvgIpc) is 3.20. The number of nitrogens with zero attached hydrogens (tertiary/aromatic N) is 3. The fourth-order valence-corrected chi connectivity index (χ4v) is 3.51. The quantitative estimate of drug-likeness (QED) is 0.821. The predicted octanol–water partition coefficient (Wildman–Crippen LogP) is 2.48. The van der Waals surface area contributed by atoms with Crippen LogP contribution in [0.15, 0.2) is 42.5 Å². The highest BCUT2D eigenvalue weighted by Gasteiger charge is 2.19. The lowest BCUT2D eigenvalue weighted by Crippen LogP contribution is -2.51. The molecule has 138 valence electrons. The molecule has 1 saturated heterocycles. The van der Waals surface area contributed by atoms with Crippen molar-refractivity contribution in [2.75, 3.05) is 37.9 Å². The summed E-state index contributed by atoms with van der Waals surface area (Å²) in [4.78, 5) is 4.51. The fraction of sp³-hybridized carbons (Fsp3) is 0.300. The first-order valence-corrected chi connectivity index (χ1v) is 9.30. The van der Waals surface area contributed by atoms with Gasteiger partial charge >= 0.3 is 0 Å². The first kappa shape index (κ1) is 17.4. The maximum atomic E-state index is 8.91. The van der Waals surface area contributed by atoms with Crippen molar-refractivity contribution >= 4 is 23.0 Å².